The standard InChI is InChI=1S/C8H6BrN3OS.BrH/c9-4-1-2-5-7(6(4)13)14-8-11-10-3-12(5)8;/h3-4H,1-2H2;1H. The van der Waals surface area contributed by atoms with Gasteiger partial charge in [-0.05, 0) is 12.8 Å². The van der Waals surface area contributed by atoms with Gasteiger partial charge in [-0.1, -0.05) is 27.3 Å². The number of carbonyl (C=O) groups is 1. The number of hydrogen-bond donors (Lipinski definition) is 0. The first-order valence-corrected chi connectivity index (χ1v) is 6.00. The first-order valence-electron chi connectivity index (χ1n) is 4.27. The van der Waals surface area contributed by atoms with Crippen LogP contribution in [0.3, 0.4) is 0 Å². The maximum Gasteiger partial charge on any atom is 0.216 e. The molecule has 0 bridgehead atoms. The lowest BCUT2D eigenvalue weighted by Crippen LogP contribution is -2.21. The van der Waals surface area contributed by atoms with E-state index in [1.807, 2.05) is 4.40 Å². The lowest BCUT2D eigenvalue weighted by atomic mass is 10.0. The Morgan fingerprint density at radius 1 is 1.60 bits per heavy atom. The molecule has 15 heavy (non-hydrogen) atoms. The molecule has 80 valence electrons. The minimum atomic E-state index is -0.0219. The Kier molecular flexibility index (Phi) is 2.96. The quantitative estimate of drug-likeness (QED) is 0.683. The summed E-state index contributed by atoms with van der Waals surface area (Å²) >= 11 is 4.81. The fourth-order valence-electron chi connectivity index (χ4n) is 1.70. The van der Waals surface area contributed by atoms with Gasteiger partial charge >= 0.3 is 0 Å². The van der Waals surface area contributed by atoms with E-state index in [1.54, 1.807) is 6.33 Å². The van der Waals surface area contributed by atoms with Crippen molar-refractivity contribution in [3.8, 4) is 0 Å². The summed E-state index contributed by atoms with van der Waals surface area (Å²) in [5.74, 6) is 0.182. The molecule has 3 rings (SSSR count). The lowest BCUT2D eigenvalue weighted by molar-refractivity contribution is 0.0985. The first kappa shape index (κ1) is 11.2. The number of aromatic nitrogens is 3. The summed E-state index contributed by atoms with van der Waals surface area (Å²) in [6.45, 7) is 0. The van der Waals surface area contributed by atoms with Gasteiger partial charge in [0.15, 0.2) is 5.78 Å². The van der Waals surface area contributed by atoms with E-state index in [1.165, 1.54) is 11.3 Å². The van der Waals surface area contributed by atoms with E-state index in [2.05, 4.69) is 26.1 Å². The van der Waals surface area contributed by atoms with Crippen LogP contribution in [0.25, 0.3) is 4.96 Å². The summed E-state index contributed by atoms with van der Waals surface area (Å²) in [6.07, 6.45) is 3.44. The molecule has 1 aliphatic carbocycles. The van der Waals surface area contributed by atoms with Crippen molar-refractivity contribution in [1.82, 2.24) is 14.6 Å². The topological polar surface area (TPSA) is 47.3 Å². The highest BCUT2D eigenvalue weighted by molar-refractivity contribution is 9.10. The molecule has 0 fully saturated rings. The van der Waals surface area contributed by atoms with Gasteiger partial charge in [-0.25, -0.2) is 0 Å². The highest BCUT2D eigenvalue weighted by atomic mass is 79.9. The Bertz CT molecular complexity index is 521. The zero-order chi connectivity index (χ0) is 9.71. The second kappa shape index (κ2) is 3.95. The average molecular weight is 353 g/mol. The summed E-state index contributed by atoms with van der Waals surface area (Å²) < 4.78 is 1.91. The largest absolute Gasteiger partial charge is 0.292 e. The van der Waals surface area contributed by atoms with Crippen molar-refractivity contribution in [3.63, 3.8) is 0 Å². The number of nitrogens with zero attached hydrogens (tertiary/aromatic N) is 3. The number of aryl methyl sites for hydroxylation is 1. The average Bonchev–Trinajstić information content (AvgIpc) is 2.71. The summed E-state index contributed by atoms with van der Waals surface area (Å²) in [7, 11) is 0. The number of ketones is 1. The fourth-order valence-corrected chi connectivity index (χ4v) is 3.40. The van der Waals surface area contributed by atoms with Crippen molar-refractivity contribution in [2.75, 3.05) is 0 Å². The molecular formula is C8H7Br2N3OS. The summed E-state index contributed by atoms with van der Waals surface area (Å²) in [6, 6.07) is 0. The molecule has 7 heteroatoms. The van der Waals surface area contributed by atoms with Gasteiger partial charge in [0.05, 0.1) is 9.70 Å². The van der Waals surface area contributed by atoms with Crippen molar-refractivity contribution in [1.29, 1.82) is 0 Å². The van der Waals surface area contributed by atoms with Crippen LogP contribution in [0.5, 0.6) is 0 Å². The number of alkyl halides is 1. The second-order valence-electron chi connectivity index (χ2n) is 3.23. The number of thiazole rings is 1. The highest BCUT2D eigenvalue weighted by Crippen LogP contribution is 2.31. The molecule has 0 aliphatic heterocycles. The van der Waals surface area contributed by atoms with Crippen LogP contribution in [0.2, 0.25) is 0 Å². The summed E-state index contributed by atoms with van der Waals surface area (Å²) in [4.78, 5) is 13.4. The molecule has 0 radical (unpaired) electrons. The smallest absolute Gasteiger partial charge is 0.216 e. The molecule has 0 N–H and O–H groups in total. The maximum atomic E-state index is 11.8. The molecule has 0 aromatic carbocycles. The fraction of sp³-hybridized carbons (Fsp3) is 0.375. The Balaban J connectivity index is 0.000000853. The van der Waals surface area contributed by atoms with Crippen LogP contribution in [0.4, 0.5) is 0 Å². The molecule has 0 spiro atoms. The van der Waals surface area contributed by atoms with E-state index >= 15 is 0 Å². The first-order chi connectivity index (χ1) is 6.77. The molecule has 4 nitrogen and oxygen atoms in total. The molecule has 1 aliphatic rings. The van der Waals surface area contributed by atoms with Crippen molar-refractivity contribution in [3.05, 3.63) is 16.9 Å². The van der Waals surface area contributed by atoms with Crippen LogP contribution in [-0.4, -0.2) is 25.2 Å². The van der Waals surface area contributed by atoms with E-state index in [0.717, 1.165) is 28.4 Å². The molecule has 2 heterocycles. The number of carbonyl (C=O) groups excluding carboxylic acids is 1. The van der Waals surface area contributed by atoms with Crippen LogP contribution in [0.15, 0.2) is 6.33 Å². The minimum absolute atomic E-state index is 0. The summed E-state index contributed by atoms with van der Waals surface area (Å²) in [5, 5.41) is 7.76. The Morgan fingerprint density at radius 2 is 2.40 bits per heavy atom. The second-order valence-corrected chi connectivity index (χ2v) is 5.31. The van der Waals surface area contributed by atoms with E-state index in [0.29, 0.717) is 0 Å². The van der Waals surface area contributed by atoms with Gasteiger partial charge in [0.2, 0.25) is 4.96 Å². The van der Waals surface area contributed by atoms with Gasteiger partial charge in [-0.15, -0.1) is 27.2 Å². The van der Waals surface area contributed by atoms with Gasteiger partial charge in [-0.3, -0.25) is 9.20 Å². The molecule has 0 saturated heterocycles. The van der Waals surface area contributed by atoms with E-state index in [-0.39, 0.29) is 27.6 Å². The number of halogens is 2. The van der Waals surface area contributed by atoms with Crippen LogP contribution < -0.4 is 0 Å². The third-order valence-corrected chi connectivity index (χ3v) is 4.38. The number of Topliss-reactive ketones (excluding diaryl/α,β-unsaturated/α-hetero) is 1. The van der Waals surface area contributed by atoms with Crippen molar-refractivity contribution in [2.45, 2.75) is 17.7 Å². The normalized spacial score (nSPS) is 20.1. The Morgan fingerprint density at radius 3 is 3.20 bits per heavy atom. The van der Waals surface area contributed by atoms with Crippen LogP contribution in [0, 0.1) is 0 Å². The van der Waals surface area contributed by atoms with Crippen LogP contribution in [0.1, 0.15) is 21.8 Å². The van der Waals surface area contributed by atoms with E-state index in [4.69, 9.17) is 0 Å². The minimum Gasteiger partial charge on any atom is -0.292 e. The van der Waals surface area contributed by atoms with E-state index < -0.39 is 0 Å². The third-order valence-electron chi connectivity index (χ3n) is 2.41. The van der Waals surface area contributed by atoms with Crippen molar-refractivity contribution >= 4 is 55.0 Å². The van der Waals surface area contributed by atoms with Crippen molar-refractivity contribution < 1.29 is 4.79 Å². The van der Waals surface area contributed by atoms with Gasteiger partial charge in [-0.2, -0.15) is 0 Å². The third kappa shape index (κ3) is 1.57. The predicted octanol–water partition coefficient (Wildman–Crippen LogP) is 2.26. The van der Waals surface area contributed by atoms with Crippen LogP contribution in [-0.2, 0) is 6.42 Å². The molecule has 2 aromatic rings. The Labute approximate surface area is 109 Å². The molecule has 2 aromatic heterocycles. The van der Waals surface area contributed by atoms with Crippen LogP contribution >= 0.6 is 44.2 Å². The number of hydrogen-bond acceptors (Lipinski definition) is 4. The van der Waals surface area contributed by atoms with Gasteiger partial charge < -0.3 is 0 Å². The lowest BCUT2D eigenvalue weighted by Gasteiger charge is -2.14. The SMILES string of the molecule is Br.O=C1c2sc3nncn3c2CCC1Br. The molecular weight excluding hydrogens is 346 g/mol. The molecule has 0 amide bonds. The molecule has 0 saturated carbocycles. The van der Waals surface area contributed by atoms with Gasteiger partial charge in [0.25, 0.3) is 0 Å². The summed E-state index contributed by atoms with van der Waals surface area (Å²) in [5.41, 5.74) is 1.07. The maximum absolute atomic E-state index is 11.8. The molecule has 1 atom stereocenters. The van der Waals surface area contributed by atoms with Gasteiger partial charge in [0.1, 0.15) is 6.33 Å². The Hall–Kier alpha value is -0.270. The zero-order valence-corrected chi connectivity index (χ0v) is 11.6. The monoisotopic (exact) mass is 351 g/mol. The predicted molar refractivity (Wildman–Crippen MR) is 66.6 cm³/mol. The number of rotatable bonds is 0. The van der Waals surface area contributed by atoms with Crippen molar-refractivity contribution in [2.24, 2.45) is 0 Å². The highest BCUT2D eigenvalue weighted by Gasteiger charge is 2.29. The van der Waals surface area contributed by atoms with Gasteiger partial charge in [0, 0.05) is 5.69 Å². The molecule has 1 unspecified atom stereocenters. The number of fused-ring (bicyclic) bond motifs is 3. The zero-order valence-electron chi connectivity index (χ0n) is 7.51. The van der Waals surface area contributed by atoms with E-state index in [9.17, 15) is 4.79 Å².